The van der Waals surface area contributed by atoms with Gasteiger partial charge < -0.3 is 5.11 Å². The Hall–Kier alpha value is -2.11. The number of carboxylic acids is 1. The fraction of sp³-hybridized carbons (Fsp3) is 0.111. The van der Waals surface area contributed by atoms with Gasteiger partial charge in [0, 0.05) is 0 Å². The van der Waals surface area contributed by atoms with E-state index < -0.39 is 11.8 Å². The third-order valence-corrected chi connectivity index (χ3v) is 1.79. The third-order valence-electron chi connectivity index (χ3n) is 1.79. The molecule has 0 saturated carbocycles. The van der Waals surface area contributed by atoms with E-state index in [1.54, 1.807) is 6.07 Å². The minimum absolute atomic E-state index is 0.0478. The number of hydrogen-bond acceptors (Lipinski definition) is 4. The molecule has 1 aromatic heterocycles. The van der Waals surface area contributed by atoms with Crippen LogP contribution in [0.1, 0.15) is 5.82 Å². The Morgan fingerprint density at radius 1 is 1.40 bits per heavy atom. The van der Waals surface area contributed by atoms with Crippen LogP contribution in [0.15, 0.2) is 18.2 Å². The van der Waals surface area contributed by atoms with E-state index in [2.05, 4.69) is 15.2 Å². The third kappa shape index (κ3) is 1.88. The molecule has 1 N–H and O–H groups in total. The zero-order chi connectivity index (χ0) is 10.8. The van der Waals surface area contributed by atoms with Crippen molar-refractivity contribution in [1.82, 2.24) is 15.2 Å². The van der Waals surface area contributed by atoms with E-state index >= 15 is 0 Å². The van der Waals surface area contributed by atoms with Crippen molar-refractivity contribution in [2.24, 2.45) is 0 Å². The number of benzene rings is 1. The molecule has 0 saturated heterocycles. The van der Waals surface area contributed by atoms with Gasteiger partial charge in [-0.3, -0.25) is 4.79 Å². The monoisotopic (exact) mass is 207 g/mol. The van der Waals surface area contributed by atoms with Gasteiger partial charge in [-0.05, 0) is 12.1 Å². The Morgan fingerprint density at radius 2 is 2.20 bits per heavy atom. The molecule has 2 aromatic rings. The normalized spacial score (nSPS) is 10.5. The Morgan fingerprint density at radius 3 is 2.93 bits per heavy atom. The summed E-state index contributed by atoms with van der Waals surface area (Å²) in [5.74, 6) is -1.50. The van der Waals surface area contributed by atoms with Crippen LogP contribution in [0.4, 0.5) is 4.39 Å². The van der Waals surface area contributed by atoms with Crippen LogP contribution in [0.25, 0.3) is 11.0 Å². The predicted octanol–water partition coefficient (Wildman–Crippen LogP) is 0.791. The van der Waals surface area contributed by atoms with Crippen LogP contribution >= 0.6 is 0 Å². The summed E-state index contributed by atoms with van der Waals surface area (Å²) in [7, 11) is 0. The maximum Gasteiger partial charge on any atom is 0.311 e. The van der Waals surface area contributed by atoms with Crippen LogP contribution in [0, 0.1) is 5.82 Å². The lowest BCUT2D eigenvalue weighted by molar-refractivity contribution is -0.136. The first-order valence-electron chi connectivity index (χ1n) is 4.16. The van der Waals surface area contributed by atoms with Gasteiger partial charge in [-0.2, -0.15) is 0 Å². The van der Waals surface area contributed by atoms with E-state index in [-0.39, 0.29) is 17.8 Å². The van der Waals surface area contributed by atoms with Gasteiger partial charge in [-0.15, -0.1) is 10.2 Å². The van der Waals surface area contributed by atoms with E-state index in [4.69, 9.17) is 5.11 Å². The second-order valence-corrected chi connectivity index (χ2v) is 2.91. The summed E-state index contributed by atoms with van der Waals surface area (Å²) < 4.78 is 13.1. The number of hydrogen-bond donors (Lipinski definition) is 1. The highest BCUT2D eigenvalue weighted by Crippen LogP contribution is 2.11. The average molecular weight is 207 g/mol. The number of halogens is 1. The highest BCUT2D eigenvalue weighted by molar-refractivity contribution is 5.75. The molecule has 0 amide bonds. The van der Waals surface area contributed by atoms with Gasteiger partial charge in [0.25, 0.3) is 0 Å². The molecule has 1 heterocycles. The lowest BCUT2D eigenvalue weighted by atomic mass is 10.3. The smallest absolute Gasteiger partial charge is 0.311 e. The Kier molecular flexibility index (Phi) is 2.24. The first kappa shape index (κ1) is 9.45. The number of nitrogens with zero attached hydrogens (tertiary/aromatic N) is 3. The van der Waals surface area contributed by atoms with Crippen LogP contribution in [0.3, 0.4) is 0 Å². The number of aromatic nitrogens is 3. The Bertz CT molecular complexity index is 530. The second-order valence-electron chi connectivity index (χ2n) is 2.91. The molecule has 0 atom stereocenters. The first-order valence-corrected chi connectivity index (χ1v) is 4.16. The molecule has 2 rings (SSSR count). The van der Waals surface area contributed by atoms with Crippen molar-refractivity contribution in [2.45, 2.75) is 6.42 Å². The molecule has 0 unspecified atom stereocenters. The van der Waals surface area contributed by atoms with Crippen molar-refractivity contribution < 1.29 is 14.3 Å². The summed E-state index contributed by atoms with van der Waals surface area (Å²) in [5, 5.41) is 15.6. The molecule has 6 heteroatoms. The molecule has 0 aliphatic rings. The van der Waals surface area contributed by atoms with E-state index in [9.17, 15) is 9.18 Å². The van der Waals surface area contributed by atoms with E-state index in [0.29, 0.717) is 5.52 Å². The fourth-order valence-electron chi connectivity index (χ4n) is 1.17. The summed E-state index contributed by atoms with van der Waals surface area (Å²) in [6.07, 6.45) is -0.320. The van der Waals surface area contributed by atoms with Crippen molar-refractivity contribution in [2.75, 3.05) is 0 Å². The maximum atomic E-state index is 13.1. The van der Waals surface area contributed by atoms with Crippen molar-refractivity contribution >= 4 is 17.0 Å². The number of carboxylic acid groups (broad SMARTS) is 1. The van der Waals surface area contributed by atoms with Gasteiger partial charge in [0.05, 0.1) is 5.52 Å². The van der Waals surface area contributed by atoms with Crippen LogP contribution in [0.2, 0.25) is 0 Å². The SMILES string of the molecule is O=C(O)Cc1nnc2c(F)cccc2n1. The van der Waals surface area contributed by atoms with Crippen LogP contribution < -0.4 is 0 Å². The van der Waals surface area contributed by atoms with Gasteiger partial charge >= 0.3 is 5.97 Å². The summed E-state index contributed by atoms with van der Waals surface area (Å²) in [4.78, 5) is 14.3. The first-order chi connectivity index (χ1) is 7.16. The lowest BCUT2D eigenvalue weighted by Crippen LogP contribution is -2.06. The molecular formula is C9H6FN3O2. The Balaban J connectivity index is 2.52. The fourth-order valence-corrected chi connectivity index (χ4v) is 1.17. The molecule has 0 aliphatic heterocycles. The quantitative estimate of drug-likeness (QED) is 0.787. The molecule has 0 spiro atoms. The number of rotatable bonds is 2. The van der Waals surface area contributed by atoms with Gasteiger partial charge in [0.2, 0.25) is 0 Å². The molecule has 1 aromatic carbocycles. The highest BCUT2D eigenvalue weighted by Gasteiger charge is 2.08. The maximum absolute atomic E-state index is 13.1. The van der Waals surface area contributed by atoms with E-state index in [1.165, 1.54) is 12.1 Å². The van der Waals surface area contributed by atoms with Crippen molar-refractivity contribution in [3.8, 4) is 0 Å². The zero-order valence-electron chi connectivity index (χ0n) is 7.51. The van der Waals surface area contributed by atoms with Gasteiger partial charge in [0.1, 0.15) is 11.9 Å². The predicted molar refractivity (Wildman–Crippen MR) is 48.6 cm³/mol. The van der Waals surface area contributed by atoms with Crippen LogP contribution in [0.5, 0.6) is 0 Å². The molecule has 0 aliphatic carbocycles. The number of carbonyl (C=O) groups is 1. The van der Waals surface area contributed by atoms with Gasteiger partial charge in [-0.25, -0.2) is 9.37 Å². The molecule has 0 radical (unpaired) electrons. The minimum Gasteiger partial charge on any atom is -0.481 e. The average Bonchev–Trinajstić information content (AvgIpc) is 2.17. The molecular weight excluding hydrogens is 201 g/mol. The number of fused-ring (bicyclic) bond motifs is 1. The topological polar surface area (TPSA) is 76.0 Å². The molecule has 15 heavy (non-hydrogen) atoms. The molecule has 5 nitrogen and oxygen atoms in total. The van der Waals surface area contributed by atoms with Crippen LogP contribution in [-0.2, 0) is 11.2 Å². The summed E-state index contributed by atoms with van der Waals surface area (Å²) in [6.45, 7) is 0. The summed E-state index contributed by atoms with van der Waals surface area (Å²) in [5.41, 5.74) is 0.355. The van der Waals surface area contributed by atoms with E-state index in [0.717, 1.165) is 0 Å². The molecule has 0 fully saturated rings. The van der Waals surface area contributed by atoms with Crippen molar-refractivity contribution in [1.29, 1.82) is 0 Å². The van der Waals surface area contributed by atoms with Crippen molar-refractivity contribution in [3.05, 3.63) is 29.8 Å². The van der Waals surface area contributed by atoms with Crippen LogP contribution in [-0.4, -0.2) is 26.3 Å². The second kappa shape index (κ2) is 3.56. The Labute approximate surface area is 83.6 Å². The standard InChI is InChI=1S/C9H6FN3O2/c10-5-2-1-3-6-9(5)13-12-7(11-6)4-8(14)15/h1-3H,4H2,(H,14,15). The number of aliphatic carboxylic acids is 1. The highest BCUT2D eigenvalue weighted by atomic mass is 19.1. The largest absolute Gasteiger partial charge is 0.481 e. The van der Waals surface area contributed by atoms with Gasteiger partial charge in [-0.1, -0.05) is 6.07 Å². The minimum atomic E-state index is -1.05. The van der Waals surface area contributed by atoms with Gasteiger partial charge in [0.15, 0.2) is 11.6 Å². The molecule has 76 valence electrons. The summed E-state index contributed by atoms with van der Waals surface area (Å²) in [6, 6.07) is 4.28. The lowest BCUT2D eigenvalue weighted by Gasteiger charge is -1.98. The zero-order valence-corrected chi connectivity index (χ0v) is 7.51. The van der Waals surface area contributed by atoms with E-state index in [1.807, 2.05) is 0 Å². The van der Waals surface area contributed by atoms with Crippen molar-refractivity contribution in [3.63, 3.8) is 0 Å². The molecule has 0 bridgehead atoms. The summed E-state index contributed by atoms with van der Waals surface area (Å²) >= 11 is 0.